The first kappa shape index (κ1) is 14.9. The molecule has 0 aliphatic rings. The molecular formula is C19H18N2O2. The van der Waals surface area contributed by atoms with Crippen molar-refractivity contribution in [2.24, 2.45) is 5.73 Å². The maximum atomic E-state index is 11.4. The van der Waals surface area contributed by atoms with Gasteiger partial charge in [-0.2, -0.15) is 0 Å². The number of aromatic nitrogens is 1. The third-order valence-corrected chi connectivity index (χ3v) is 3.86. The number of aryl methyl sites for hydroxylation is 1. The molecule has 0 bridgehead atoms. The maximum absolute atomic E-state index is 11.4. The van der Waals surface area contributed by atoms with Gasteiger partial charge in [0.15, 0.2) is 0 Å². The predicted molar refractivity (Wildman–Crippen MR) is 91.5 cm³/mol. The molecular weight excluding hydrogens is 288 g/mol. The molecule has 4 nitrogen and oxygen atoms in total. The Labute approximate surface area is 134 Å². The van der Waals surface area contributed by atoms with Crippen molar-refractivity contribution in [3.8, 4) is 28.1 Å². The van der Waals surface area contributed by atoms with Crippen LogP contribution >= 0.6 is 0 Å². The highest BCUT2D eigenvalue weighted by molar-refractivity contribution is 5.95. The summed E-state index contributed by atoms with van der Waals surface area (Å²) in [6.07, 6.45) is 0. The predicted octanol–water partition coefficient (Wildman–Crippen LogP) is 3.76. The fourth-order valence-corrected chi connectivity index (χ4v) is 2.64. The van der Waals surface area contributed by atoms with Gasteiger partial charge in [0.25, 0.3) is 5.91 Å². The van der Waals surface area contributed by atoms with Crippen molar-refractivity contribution in [1.29, 1.82) is 0 Å². The Balaban J connectivity index is 2.03. The fourth-order valence-electron chi connectivity index (χ4n) is 2.64. The third-order valence-electron chi connectivity index (χ3n) is 3.86. The van der Waals surface area contributed by atoms with E-state index in [1.165, 1.54) is 0 Å². The number of benzene rings is 2. The number of nitrogens with two attached hydrogens (primary N) is 1. The van der Waals surface area contributed by atoms with Gasteiger partial charge in [-0.1, -0.05) is 30.3 Å². The zero-order valence-electron chi connectivity index (χ0n) is 13.1. The molecule has 0 radical (unpaired) electrons. The number of rotatable bonds is 4. The highest BCUT2D eigenvalue weighted by Crippen LogP contribution is 2.29. The van der Waals surface area contributed by atoms with Gasteiger partial charge in [0.1, 0.15) is 5.75 Å². The minimum atomic E-state index is -0.422. The number of ether oxygens (including phenoxy) is 1. The molecule has 0 atom stereocenters. The summed E-state index contributed by atoms with van der Waals surface area (Å²) in [4.78, 5) is 14.6. The molecule has 0 fully saturated rings. The van der Waals surface area contributed by atoms with Crippen molar-refractivity contribution in [2.45, 2.75) is 6.92 Å². The average molecular weight is 306 g/mol. The Bertz CT molecular complexity index is 865. The normalized spacial score (nSPS) is 10.5. The molecule has 3 N–H and O–H groups in total. The van der Waals surface area contributed by atoms with Gasteiger partial charge in [-0.25, -0.2) is 0 Å². The Morgan fingerprint density at radius 2 is 1.65 bits per heavy atom. The van der Waals surface area contributed by atoms with Gasteiger partial charge in [0, 0.05) is 11.4 Å². The number of aromatic amines is 1. The number of carbonyl (C=O) groups is 1. The lowest BCUT2D eigenvalue weighted by atomic mass is 10.0. The Kier molecular flexibility index (Phi) is 3.89. The molecule has 0 spiro atoms. The minimum Gasteiger partial charge on any atom is -0.497 e. The lowest BCUT2D eigenvalue weighted by molar-refractivity contribution is 0.1000. The molecule has 0 aliphatic carbocycles. The summed E-state index contributed by atoms with van der Waals surface area (Å²) in [7, 11) is 1.66. The van der Waals surface area contributed by atoms with Crippen molar-refractivity contribution in [3.05, 3.63) is 65.9 Å². The van der Waals surface area contributed by atoms with Crippen LogP contribution in [0.3, 0.4) is 0 Å². The zero-order valence-corrected chi connectivity index (χ0v) is 13.1. The molecule has 0 saturated heterocycles. The molecule has 116 valence electrons. The van der Waals surface area contributed by atoms with Gasteiger partial charge in [-0.15, -0.1) is 0 Å². The molecule has 4 heteroatoms. The number of primary amides is 1. The molecule has 2 aromatic carbocycles. The Morgan fingerprint density at radius 3 is 2.30 bits per heavy atom. The van der Waals surface area contributed by atoms with E-state index in [9.17, 15) is 4.79 Å². The lowest BCUT2D eigenvalue weighted by Gasteiger charge is -2.06. The van der Waals surface area contributed by atoms with Crippen LogP contribution in [0.5, 0.6) is 5.75 Å². The van der Waals surface area contributed by atoms with E-state index in [0.717, 1.165) is 33.8 Å². The SMILES string of the molecule is COc1cccc(-c2cccc(-c3cc(C(N)=O)c(C)[nH]3)c2)c1. The zero-order chi connectivity index (χ0) is 16.4. The quantitative estimate of drug-likeness (QED) is 0.770. The van der Waals surface area contributed by atoms with Crippen LogP contribution in [0.4, 0.5) is 0 Å². The third kappa shape index (κ3) is 2.97. The van der Waals surface area contributed by atoms with Crippen molar-refractivity contribution >= 4 is 5.91 Å². The van der Waals surface area contributed by atoms with Gasteiger partial charge in [0.05, 0.1) is 12.7 Å². The second kappa shape index (κ2) is 6.01. The van der Waals surface area contributed by atoms with Crippen LogP contribution in [-0.4, -0.2) is 18.0 Å². The summed E-state index contributed by atoms with van der Waals surface area (Å²) in [6, 6.07) is 17.8. The van der Waals surface area contributed by atoms with E-state index in [2.05, 4.69) is 11.1 Å². The lowest BCUT2D eigenvalue weighted by Crippen LogP contribution is -2.10. The average Bonchev–Trinajstić information content (AvgIpc) is 2.97. The summed E-state index contributed by atoms with van der Waals surface area (Å²) in [5.41, 5.74) is 10.7. The minimum absolute atomic E-state index is 0.422. The second-order valence-electron chi connectivity index (χ2n) is 5.40. The van der Waals surface area contributed by atoms with Gasteiger partial charge < -0.3 is 15.5 Å². The van der Waals surface area contributed by atoms with Crippen LogP contribution in [-0.2, 0) is 0 Å². The molecule has 0 unspecified atom stereocenters. The standard InChI is InChI=1S/C19H18N2O2/c1-12-17(19(20)22)11-18(21-12)15-7-3-5-13(9-15)14-6-4-8-16(10-14)23-2/h3-11,21H,1-2H3,(H2,20,22). The first-order valence-electron chi connectivity index (χ1n) is 7.33. The highest BCUT2D eigenvalue weighted by Gasteiger charge is 2.11. The second-order valence-corrected chi connectivity index (χ2v) is 5.40. The molecule has 23 heavy (non-hydrogen) atoms. The van der Waals surface area contributed by atoms with Gasteiger partial charge >= 0.3 is 0 Å². The number of amides is 1. The topological polar surface area (TPSA) is 68.1 Å². The summed E-state index contributed by atoms with van der Waals surface area (Å²) >= 11 is 0. The van der Waals surface area contributed by atoms with Crippen LogP contribution in [0.25, 0.3) is 22.4 Å². The van der Waals surface area contributed by atoms with Crippen molar-refractivity contribution < 1.29 is 9.53 Å². The van der Waals surface area contributed by atoms with E-state index in [-0.39, 0.29) is 0 Å². The molecule has 1 aromatic heterocycles. The fraction of sp³-hybridized carbons (Fsp3) is 0.105. The smallest absolute Gasteiger partial charge is 0.250 e. The summed E-state index contributed by atoms with van der Waals surface area (Å²) in [5, 5.41) is 0. The van der Waals surface area contributed by atoms with Crippen molar-refractivity contribution in [2.75, 3.05) is 7.11 Å². The monoisotopic (exact) mass is 306 g/mol. The van der Waals surface area contributed by atoms with Gasteiger partial charge in [0.2, 0.25) is 0 Å². The number of hydrogen-bond acceptors (Lipinski definition) is 2. The van der Waals surface area contributed by atoms with E-state index in [4.69, 9.17) is 10.5 Å². The first-order valence-corrected chi connectivity index (χ1v) is 7.33. The van der Waals surface area contributed by atoms with Crippen LogP contribution in [0, 0.1) is 6.92 Å². The summed E-state index contributed by atoms with van der Waals surface area (Å²) in [5.74, 6) is 0.397. The molecule has 0 saturated carbocycles. The van der Waals surface area contributed by atoms with E-state index in [1.807, 2.05) is 49.4 Å². The first-order chi connectivity index (χ1) is 11.1. The van der Waals surface area contributed by atoms with Crippen molar-refractivity contribution in [3.63, 3.8) is 0 Å². The number of hydrogen-bond donors (Lipinski definition) is 2. The summed E-state index contributed by atoms with van der Waals surface area (Å²) in [6.45, 7) is 1.84. The van der Waals surface area contributed by atoms with Crippen LogP contribution in [0.2, 0.25) is 0 Å². The molecule has 1 amide bonds. The van der Waals surface area contributed by atoms with E-state index >= 15 is 0 Å². The van der Waals surface area contributed by atoms with Crippen LogP contribution in [0.1, 0.15) is 16.1 Å². The van der Waals surface area contributed by atoms with Crippen LogP contribution in [0.15, 0.2) is 54.6 Å². The number of nitrogens with one attached hydrogen (secondary N) is 1. The Morgan fingerprint density at radius 1 is 1.00 bits per heavy atom. The molecule has 3 rings (SSSR count). The highest BCUT2D eigenvalue weighted by atomic mass is 16.5. The molecule has 3 aromatic rings. The van der Waals surface area contributed by atoms with Gasteiger partial charge in [-0.3, -0.25) is 4.79 Å². The van der Waals surface area contributed by atoms with E-state index in [1.54, 1.807) is 13.2 Å². The number of methoxy groups -OCH3 is 1. The summed E-state index contributed by atoms with van der Waals surface area (Å²) < 4.78 is 5.28. The Hall–Kier alpha value is -3.01. The largest absolute Gasteiger partial charge is 0.497 e. The van der Waals surface area contributed by atoms with Crippen molar-refractivity contribution in [1.82, 2.24) is 4.98 Å². The molecule has 1 heterocycles. The van der Waals surface area contributed by atoms with Crippen LogP contribution < -0.4 is 10.5 Å². The molecule has 0 aliphatic heterocycles. The van der Waals surface area contributed by atoms with E-state index in [0.29, 0.717) is 5.56 Å². The number of H-pyrrole nitrogens is 1. The van der Waals surface area contributed by atoms with Gasteiger partial charge in [-0.05, 0) is 47.9 Å². The van der Waals surface area contributed by atoms with E-state index < -0.39 is 5.91 Å². The maximum Gasteiger partial charge on any atom is 0.250 e. The number of carbonyl (C=O) groups excluding carboxylic acids is 1.